The Balaban J connectivity index is 2.96. The van der Waals surface area contributed by atoms with Gasteiger partial charge in [0.25, 0.3) is 0 Å². The van der Waals surface area contributed by atoms with Crippen molar-refractivity contribution in [3.63, 3.8) is 0 Å². The second-order valence-corrected chi connectivity index (χ2v) is 8.35. The van der Waals surface area contributed by atoms with Crippen LogP contribution in [-0.4, -0.2) is 81.7 Å². The first-order valence-electron chi connectivity index (χ1n) is 11.3. The molecule has 1 fully saturated rings. The predicted octanol–water partition coefficient (Wildman–Crippen LogP) is -0.947. The maximum Gasteiger partial charge on any atom is 0.326 e. The zero-order valence-electron chi connectivity index (χ0n) is 19.3. The molecule has 13 nitrogen and oxygen atoms in total. The number of carboxylic acid groups (broad SMARTS) is 3. The van der Waals surface area contributed by atoms with Crippen LogP contribution in [0.15, 0.2) is 0 Å². The summed E-state index contributed by atoms with van der Waals surface area (Å²) >= 11 is 0. The Hall–Kier alpha value is -3.22. The summed E-state index contributed by atoms with van der Waals surface area (Å²) in [6, 6.07) is -4.37. The van der Waals surface area contributed by atoms with Crippen LogP contribution >= 0.6 is 0 Å². The third-order valence-electron chi connectivity index (χ3n) is 5.71. The van der Waals surface area contributed by atoms with Crippen LogP contribution in [0.5, 0.6) is 0 Å². The molecule has 1 aliphatic heterocycles. The van der Waals surface area contributed by atoms with Gasteiger partial charge < -0.3 is 36.6 Å². The van der Waals surface area contributed by atoms with Crippen LogP contribution in [0.4, 0.5) is 0 Å². The van der Waals surface area contributed by atoms with Crippen molar-refractivity contribution >= 4 is 35.6 Å². The van der Waals surface area contributed by atoms with Crippen molar-refractivity contribution < 1.29 is 44.1 Å². The van der Waals surface area contributed by atoms with Crippen LogP contribution < -0.4 is 21.3 Å². The van der Waals surface area contributed by atoms with E-state index in [9.17, 15) is 33.9 Å². The molecule has 3 amide bonds. The Morgan fingerprint density at radius 1 is 0.882 bits per heavy atom. The molecule has 5 unspecified atom stereocenters. The summed E-state index contributed by atoms with van der Waals surface area (Å²) in [7, 11) is 0. The predicted molar refractivity (Wildman–Crippen MR) is 118 cm³/mol. The molecule has 0 radical (unpaired) electrons. The lowest BCUT2D eigenvalue weighted by Crippen LogP contribution is -2.58. The molecule has 1 heterocycles. The fraction of sp³-hybridized carbons (Fsp3) is 0.714. The van der Waals surface area contributed by atoms with E-state index in [-0.39, 0.29) is 12.8 Å². The van der Waals surface area contributed by atoms with Crippen molar-refractivity contribution in [3.05, 3.63) is 0 Å². The number of hydrogen-bond acceptors (Lipinski definition) is 7. The van der Waals surface area contributed by atoms with E-state index in [1.165, 1.54) is 0 Å². The fourth-order valence-electron chi connectivity index (χ4n) is 3.46. The standard InChI is InChI=1S/C21H34N4O9/c1-3-11(2)17(20(32)24-14(21(33)34)7-9-16(28)29)25-19(31)13(6-8-15(26)27)23-18(30)12-5-4-10-22-12/h11-14,17,22H,3-10H2,1-2H3,(H,23,30)(H,24,32)(H,25,31)(H,26,27)(H,28,29)(H,33,34). The molecule has 0 saturated carbocycles. The second kappa shape index (κ2) is 14.1. The van der Waals surface area contributed by atoms with Gasteiger partial charge in [0, 0.05) is 12.8 Å². The number of amides is 3. The number of carboxylic acids is 3. The van der Waals surface area contributed by atoms with Crippen molar-refractivity contribution in [1.29, 1.82) is 0 Å². The van der Waals surface area contributed by atoms with E-state index in [2.05, 4.69) is 21.3 Å². The highest BCUT2D eigenvalue weighted by atomic mass is 16.4. The fourth-order valence-corrected chi connectivity index (χ4v) is 3.46. The Morgan fingerprint density at radius 2 is 1.47 bits per heavy atom. The van der Waals surface area contributed by atoms with Crippen LogP contribution in [-0.2, 0) is 28.8 Å². The average Bonchev–Trinajstić information content (AvgIpc) is 3.31. The van der Waals surface area contributed by atoms with E-state index in [0.29, 0.717) is 19.4 Å². The Labute approximate surface area is 197 Å². The van der Waals surface area contributed by atoms with Gasteiger partial charge in [-0.15, -0.1) is 0 Å². The van der Waals surface area contributed by atoms with E-state index in [4.69, 9.17) is 10.2 Å². The minimum atomic E-state index is -1.47. The maximum atomic E-state index is 13.0. The molecule has 0 bridgehead atoms. The monoisotopic (exact) mass is 486 g/mol. The SMILES string of the molecule is CCC(C)C(NC(=O)C(CCC(=O)O)NC(=O)C1CCCN1)C(=O)NC(CCC(=O)O)C(=O)O. The lowest BCUT2D eigenvalue weighted by molar-refractivity contribution is -0.143. The topological polar surface area (TPSA) is 211 Å². The largest absolute Gasteiger partial charge is 0.481 e. The maximum absolute atomic E-state index is 13.0. The lowest BCUT2D eigenvalue weighted by atomic mass is 9.96. The number of carbonyl (C=O) groups is 6. The highest BCUT2D eigenvalue weighted by Gasteiger charge is 2.33. The number of rotatable bonds is 15. The van der Waals surface area contributed by atoms with Gasteiger partial charge in [-0.25, -0.2) is 4.79 Å². The van der Waals surface area contributed by atoms with Gasteiger partial charge in [-0.3, -0.25) is 24.0 Å². The molecular weight excluding hydrogens is 452 g/mol. The van der Waals surface area contributed by atoms with Gasteiger partial charge in [0.15, 0.2) is 0 Å². The molecule has 7 N–H and O–H groups in total. The van der Waals surface area contributed by atoms with Gasteiger partial charge in [-0.1, -0.05) is 20.3 Å². The molecule has 1 rings (SSSR count). The molecule has 0 aromatic heterocycles. The van der Waals surface area contributed by atoms with Crippen molar-refractivity contribution in [3.8, 4) is 0 Å². The second-order valence-electron chi connectivity index (χ2n) is 8.35. The first-order chi connectivity index (χ1) is 16.0. The zero-order chi connectivity index (χ0) is 25.8. The third-order valence-corrected chi connectivity index (χ3v) is 5.71. The van der Waals surface area contributed by atoms with E-state index in [1.807, 2.05) is 0 Å². The Kier molecular flexibility index (Phi) is 12.0. The average molecular weight is 487 g/mol. The van der Waals surface area contributed by atoms with Gasteiger partial charge in [0.1, 0.15) is 18.1 Å². The van der Waals surface area contributed by atoms with Crippen molar-refractivity contribution in [2.45, 2.75) is 83.0 Å². The van der Waals surface area contributed by atoms with E-state index >= 15 is 0 Å². The molecule has 5 atom stereocenters. The summed E-state index contributed by atoms with van der Waals surface area (Å²) in [4.78, 5) is 71.5. The molecule has 0 aromatic rings. The summed E-state index contributed by atoms with van der Waals surface area (Å²) in [5.41, 5.74) is 0. The summed E-state index contributed by atoms with van der Waals surface area (Å²) in [6.07, 6.45) is 0.372. The van der Waals surface area contributed by atoms with Crippen LogP contribution in [0.3, 0.4) is 0 Å². The van der Waals surface area contributed by atoms with Crippen molar-refractivity contribution in [2.24, 2.45) is 5.92 Å². The van der Waals surface area contributed by atoms with Crippen LogP contribution in [0, 0.1) is 5.92 Å². The number of aliphatic carboxylic acids is 3. The number of hydrogen-bond donors (Lipinski definition) is 7. The molecule has 0 aliphatic carbocycles. The van der Waals surface area contributed by atoms with Crippen molar-refractivity contribution in [1.82, 2.24) is 21.3 Å². The van der Waals surface area contributed by atoms with E-state index < -0.39 is 78.6 Å². The molecule has 192 valence electrons. The van der Waals surface area contributed by atoms with Crippen LogP contribution in [0.2, 0.25) is 0 Å². The highest BCUT2D eigenvalue weighted by molar-refractivity contribution is 5.94. The van der Waals surface area contributed by atoms with Crippen molar-refractivity contribution in [2.75, 3.05) is 6.54 Å². The molecule has 0 aromatic carbocycles. The highest BCUT2D eigenvalue weighted by Crippen LogP contribution is 2.12. The lowest BCUT2D eigenvalue weighted by Gasteiger charge is -2.28. The van der Waals surface area contributed by atoms with Gasteiger partial charge in [-0.05, 0) is 38.1 Å². The molecule has 34 heavy (non-hydrogen) atoms. The van der Waals surface area contributed by atoms with E-state index in [1.54, 1.807) is 13.8 Å². The zero-order valence-corrected chi connectivity index (χ0v) is 19.3. The normalized spacial score (nSPS) is 18.7. The number of nitrogens with one attached hydrogen (secondary N) is 4. The van der Waals surface area contributed by atoms with Gasteiger partial charge in [-0.2, -0.15) is 0 Å². The quantitative estimate of drug-likeness (QED) is 0.151. The molecule has 13 heteroatoms. The van der Waals surface area contributed by atoms with Crippen LogP contribution in [0.25, 0.3) is 0 Å². The Bertz CT molecular complexity index is 767. The third kappa shape index (κ3) is 9.73. The van der Waals surface area contributed by atoms with E-state index in [0.717, 1.165) is 6.42 Å². The first kappa shape index (κ1) is 28.8. The molecule has 1 saturated heterocycles. The minimum Gasteiger partial charge on any atom is -0.481 e. The molecule has 0 spiro atoms. The van der Waals surface area contributed by atoms with Gasteiger partial charge in [0.05, 0.1) is 6.04 Å². The smallest absolute Gasteiger partial charge is 0.326 e. The Morgan fingerprint density at radius 3 is 1.94 bits per heavy atom. The summed E-state index contributed by atoms with van der Waals surface area (Å²) in [5, 5.41) is 37.4. The first-order valence-corrected chi connectivity index (χ1v) is 11.3. The summed E-state index contributed by atoms with van der Waals surface area (Å²) in [6.45, 7) is 4.06. The van der Waals surface area contributed by atoms with Gasteiger partial charge in [0.2, 0.25) is 17.7 Å². The summed E-state index contributed by atoms with van der Waals surface area (Å²) < 4.78 is 0. The van der Waals surface area contributed by atoms with Crippen LogP contribution in [0.1, 0.15) is 58.8 Å². The number of carbonyl (C=O) groups excluding carboxylic acids is 3. The molecule has 1 aliphatic rings. The summed E-state index contributed by atoms with van der Waals surface area (Å²) in [5.74, 6) is -6.28. The molecular formula is C21H34N4O9. The van der Waals surface area contributed by atoms with Gasteiger partial charge >= 0.3 is 17.9 Å². The minimum absolute atomic E-state index is 0.204.